The van der Waals surface area contributed by atoms with Gasteiger partial charge in [0.05, 0.1) is 18.2 Å². The second kappa shape index (κ2) is 7.41. The summed E-state index contributed by atoms with van der Waals surface area (Å²) in [6.45, 7) is 3.03. The Hall–Kier alpha value is -1.93. The normalized spacial score (nSPS) is 9.83. The van der Waals surface area contributed by atoms with E-state index in [1.807, 2.05) is 13.0 Å². The van der Waals surface area contributed by atoms with Crippen molar-refractivity contribution in [3.63, 3.8) is 0 Å². The van der Waals surface area contributed by atoms with Crippen molar-refractivity contribution in [1.82, 2.24) is 10.6 Å². The standard InChI is InChI=1S/C13H16FN3O/c1-2-5-17-13(18)9-16-8-11-4-3-10(7-15)6-12(11)14/h3-4,6,16H,2,5,8-9H2,1H3,(H,17,18). The van der Waals surface area contributed by atoms with Crippen molar-refractivity contribution in [2.75, 3.05) is 13.1 Å². The first-order chi connectivity index (χ1) is 8.67. The zero-order valence-corrected chi connectivity index (χ0v) is 10.3. The maximum Gasteiger partial charge on any atom is 0.233 e. The number of hydrogen-bond donors (Lipinski definition) is 2. The van der Waals surface area contributed by atoms with Crippen LogP contribution in [0.15, 0.2) is 18.2 Å². The molecule has 0 saturated heterocycles. The van der Waals surface area contributed by atoms with E-state index in [1.165, 1.54) is 6.07 Å². The largest absolute Gasteiger partial charge is 0.355 e. The summed E-state index contributed by atoms with van der Waals surface area (Å²) in [5, 5.41) is 14.2. The van der Waals surface area contributed by atoms with E-state index in [-0.39, 0.29) is 24.6 Å². The average Bonchev–Trinajstić information content (AvgIpc) is 2.38. The Balaban J connectivity index is 2.40. The first kappa shape index (κ1) is 14.1. The number of nitrogens with one attached hydrogen (secondary N) is 2. The third kappa shape index (κ3) is 4.52. The molecule has 0 aliphatic rings. The summed E-state index contributed by atoms with van der Waals surface area (Å²) in [6, 6.07) is 6.16. The van der Waals surface area contributed by atoms with E-state index in [0.717, 1.165) is 6.42 Å². The fraction of sp³-hybridized carbons (Fsp3) is 0.385. The van der Waals surface area contributed by atoms with Gasteiger partial charge in [0, 0.05) is 18.7 Å². The van der Waals surface area contributed by atoms with E-state index < -0.39 is 5.82 Å². The van der Waals surface area contributed by atoms with E-state index in [4.69, 9.17) is 5.26 Å². The Morgan fingerprint density at radius 2 is 2.28 bits per heavy atom. The summed E-state index contributed by atoms with van der Waals surface area (Å²) in [5.41, 5.74) is 0.731. The highest BCUT2D eigenvalue weighted by Crippen LogP contribution is 2.09. The molecule has 0 radical (unpaired) electrons. The van der Waals surface area contributed by atoms with Crippen LogP contribution in [0.25, 0.3) is 0 Å². The lowest BCUT2D eigenvalue weighted by atomic mass is 10.1. The number of nitriles is 1. The molecule has 2 N–H and O–H groups in total. The van der Waals surface area contributed by atoms with Gasteiger partial charge in [0.15, 0.2) is 0 Å². The van der Waals surface area contributed by atoms with Gasteiger partial charge in [-0.3, -0.25) is 4.79 Å². The molecule has 0 atom stereocenters. The molecule has 0 heterocycles. The first-order valence-corrected chi connectivity index (χ1v) is 5.83. The Morgan fingerprint density at radius 1 is 1.50 bits per heavy atom. The van der Waals surface area contributed by atoms with Crippen molar-refractivity contribution in [2.45, 2.75) is 19.9 Å². The van der Waals surface area contributed by atoms with Crippen LogP contribution < -0.4 is 10.6 Å². The third-order valence-electron chi connectivity index (χ3n) is 2.36. The Labute approximate surface area is 106 Å². The molecule has 18 heavy (non-hydrogen) atoms. The molecule has 0 bridgehead atoms. The van der Waals surface area contributed by atoms with Crippen molar-refractivity contribution in [1.29, 1.82) is 5.26 Å². The van der Waals surface area contributed by atoms with Gasteiger partial charge in [-0.2, -0.15) is 5.26 Å². The highest BCUT2D eigenvalue weighted by Gasteiger charge is 2.04. The average molecular weight is 249 g/mol. The molecule has 5 heteroatoms. The van der Waals surface area contributed by atoms with Gasteiger partial charge in [0.25, 0.3) is 0 Å². The van der Waals surface area contributed by atoms with Gasteiger partial charge in [-0.1, -0.05) is 13.0 Å². The van der Waals surface area contributed by atoms with Crippen LogP contribution in [0.5, 0.6) is 0 Å². The maximum atomic E-state index is 13.5. The highest BCUT2D eigenvalue weighted by molar-refractivity contribution is 5.77. The number of hydrogen-bond acceptors (Lipinski definition) is 3. The SMILES string of the molecule is CCCNC(=O)CNCc1ccc(C#N)cc1F. The van der Waals surface area contributed by atoms with Crippen molar-refractivity contribution < 1.29 is 9.18 Å². The Kier molecular flexibility index (Phi) is 5.81. The molecule has 1 rings (SSSR count). The summed E-state index contributed by atoms with van der Waals surface area (Å²) >= 11 is 0. The molecule has 1 amide bonds. The summed E-state index contributed by atoms with van der Waals surface area (Å²) in [5.74, 6) is -0.540. The lowest BCUT2D eigenvalue weighted by Crippen LogP contribution is -2.34. The van der Waals surface area contributed by atoms with E-state index >= 15 is 0 Å². The number of rotatable bonds is 6. The fourth-order valence-corrected chi connectivity index (χ4v) is 1.40. The van der Waals surface area contributed by atoms with Gasteiger partial charge in [0.1, 0.15) is 5.82 Å². The first-order valence-electron chi connectivity index (χ1n) is 5.83. The van der Waals surface area contributed by atoms with Crippen molar-refractivity contribution in [3.05, 3.63) is 35.1 Å². The van der Waals surface area contributed by atoms with Crippen molar-refractivity contribution in [3.8, 4) is 6.07 Å². The smallest absolute Gasteiger partial charge is 0.233 e. The number of halogens is 1. The molecule has 0 aliphatic carbocycles. The number of carbonyl (C=O) groups is 1. The molecule has 1 aromatic rings. The maximum absolute atomic E-state index is 13.5. The van der Waals surface area contributed by atoms with E-state index in [0.29, 0.717) is 12.1 Å². The molecule has 0 unspecified atom stereocenters. The second-order valence-electron chi connectivity index (χ2n) is 3.87. The van der Waals surface area contributed by atoms with Gasteiger partial charge in [-0.15, -0.1) is 0 Å². The zero-order valence-electron chi connectivity index (χ0n) is 10.3. The van der Waals surface area contributed by atoms with Gasteiger partial charge in [-0.05, 0) is 18.6 Å². The molecule has 0 aliphatic heterocycles. The summed E-state index contributed by atoms with van der Waals surface area (Å²) in [6.07, 6.45) is 0.885. The molecular weight excluding hydrogens is 233 g/mol. The minimum atomic E-state index is -0.435. The number of nitrogens with zero attached hydrogens (tertiary/aromatic N) is 1. The van der Waals surface area contributed by atoms with Crippen LogP contribution in [0.4, 0.5) is 4.39 Å². The fourth-order valence-electron chi connectivity index (χ4n) is 1.40. The minimum absolute atomic E-state index is 0.106. The van der Waals surface area contributed by atoms with E-state index in [1.54, 1.807) is 12.1 Å². The van der Waals surface area contributed by atoms with Gasteiger partial charge >= 0.3 is 0 Å². The van der Waals surface area contributed by atoms with Crippen molar-refractivity contribution in [2.24, 2.45) is 0 Å². The second-order valence-corrected chi connectivity index (χ2v) is 3.87. The monoisotopic (exact) mass is 249 g/mol. The van der Waals surface area contributed by atoms with Gasteiger partial charge < -0.3 is 10.6 Å². The predicted molar refractivity (Wildman–Crippen MR) is 66.1 cm³/mol. The van der Waals surface area contributed by atoms with E-state index in [9.17, 15) is 9.18 Å². The Morgan fingerprint density at radius 3 is 2.89 bits per heavy atom. The third-order valence-corrected chi connectivity index (χ3v) is 2.36. The summed E-state index contributed by atoms with van der Waals surface area (Å²) in [7, 11) is 0. The Bertz CT molecular complexity index is 454. The molecule has 0 spiro atoms. The molecular formula is C13H16FN3O. The number of carbonyl (C=O) groups excluding carboxylic acids is 1. The van der Waals surface area contributed by atoms with Crippen LogP contribution in [0.1, 0.15) is 24.5 Å². The van der Waals surface area contributed by atoms with Crippen LogP contribution in [0.2, 0.25) is 0 Å². The van der Waals surface area contributed by atoms with Crippen LogP contribution >= 0.6 is 0 Å². The number of benzene rings is 1. The van der Waals surface area contributed by atoms with Crippen LogP contribution in [0.3, 0.4) is 0 Å². The topological polar surface area (TPSA) is 64.9 Å². The molecule has 4 nitrogen and oxygen atoms in total. The van der Waals surface area contributed by atoms with Gasteiger partial charge in [0.2, 0.25) is 5.91 Å². The molecule has 96 valence electrons. The molecule has 0 saturated carbocycles. The molecule has 1 aromatic carbocycles. The van der Waals surface area contributed by atoms with Gasteiger partial charge in [-0.25, -0.2) is 4.39 Å². The van der Waals surface area contributed by atoms with Crippen LogP contribution in [-0.4, -0.2) is 19.0 Å². The lowest BCUT2D eigenvalue weighted by molar-refractivity contribution is -0.120. The van der Waals surface area contributed by atoms with Crippen LogP contribution in [0, 0.1) is 17.1 Å². The molecule has 0 aromatic heterocycles. The van der Waals surface area contributed by atoms with Crippen LogP contribution in [-0.2, 0) is 11.3 Å². The quantitative estimate of drug-likeness (QED) is 0.799. The zero-order chi connectivity index (χ0) is 13.4. The number of amides is 1. The van der Waals surface area contributed by atoms with Crippen molar-refractivity contribution >= 4 is 5.91 Å². The molecule has 0 fully saturated rings. The summed E-state index contributed by atoms with van der Waals surface area (Å²) in [4.78, 5) is 11.3. The lowest BCUT2D eigenvalue weighted by Gasteiger charge is -2.06. The highest BCUT2D eigenvalue weighted by atomic mass is 19.1. The summed E-state index contributed by atoms with van der Waals surface area (Å²) < 4.78 is 13.5. The predicted octanol–water partition coefficient (Wildman–Crippen LogP) is 1.31. The minimum Gasteiger partial charge on any atom is -0.355 e. The van der Waals surface area contributed by atoms with E-state index in [2.05, 4.69) is 10.6 Å².